The molecular weight excluding hydrogens is 380 g/mol. The molecule has 7 nitrogen and oxygen atoms in total. The van der Waals surface area contributed by atoms with Crippen LogP contribution in [-0.4, -0.2) is 46.6 Å². The first kappa shape index (κ1) is 20.2. The maximum Gasteiger partial charge on any atom is 0.326 e. The number of rotatable bonds is 6. The summed E-state index contributed by atoms with van der Waals surface area (Å²) in [4.78, 5) is 30.2. The zero-order valence-corrected chi connectivity index (χ0v) is 17.4. The molecule has 1 aliphatic heterocycles. The van der Waals surface area contributed by atoms with Gasteiger partial charge >= 0.3 is 5.69 Å². The topological polar surface area (TPSA) is 79.4 Å². The van der Waals surface area contributed by atoms with Crippen LogP contribution in [0.3, 0.4) is 0 Å². The molecule has 3 aromatic rings. The largest absolute Gasteiger partial charge is 0.497 e. The lowest BCUT2D eigenvalue weighted by Gasteiger charge is -2.35. The van der Waals surface area contributed by atoms with Crippen LogP contribution in [0.25, 0.3) is 11.0 Å². The Kier molecular flexibility index (Phi) is 5.90. The van der Waals surface area contributed by atoms with Gasteiger partial charge in [0.15, 0.2) is 0 Å². The van der Waals surface area contributed by atoms with E-state index in [0.717, 1.165) is 48.3 Å². The van der Waals surface area contributed by atoms with E-state index >= 15 is 0 Å². The van der Waals surface area contributed by atoms with Gasteiger partial charge in [-0.15, -0.1) is 0 Å². The SMILES string of the molecule is COc1ccc(CNC(=O)C(C)N2CCC(n3c(=O)[nH]c4ccccc43)CC2)cc1. The summed E-state index contributed by atoms with van der Waals surface area (Å²) in [6, 6.07) is 15.4. The number of para-hydroxylation sites is 2. The summed E-state index contributed by atoms with van der Waals surface area (Å²) >= 11 is 0. The van der Waals surface area contributed by atoms with Gasteiger partial charge in [-0.05, 0) is 49.6 Å². The van der Waals surface area contributed by atoms with Crippen LogP contribution in [-0.2, 0) is 11.3 Å². The molecule has 1 atom stereocenters. The van der Waals surface area contributed by atoms with Gasteiger partial charge in [0.05, 0.1) is 24.2 Å². The summed E-state index contributed by atoms with van der Waals surface area (Å²) in [6.45, 7) is 4.01. The Labute approximate surface area is 175 Å². The van der Waals surface area contributed by atoms with Gasteiger partial charge < -0.3 is 15.0 Å². The van der Waals surface area contributed by atoms with Gasteiger partial charge in [-0.3, -0.25) is 14.3 Å². The second-order valence-corrected chi connectivity index (χ2v) is 7.83. The highest BCUT2D eigenvalue weighted by Crippen LogP contribution is 2.25. The van der Waals surface area contributed by atoms with Crippen LogP contribution in [0.2, 0.25) is 0 Å². The second kappa shape index (κ2) is 8.75. The summed E-state index contributed by atoms with van der Waals surface area (Å²) in [7, 11) is 1.64. The summed E-state index contributed by atoms with van der Waals surface area (Å²) < 4.78 is 7.04. The third kappa shape index (κ3) is 4.11. The van der Waals surface area contributed by atoms with Gasteiger partial charge in [0.2, 0.25) is 5.91 Å². The zero-order valence-electron chi connectivity index (χ0n) is 17.4. The molecule has 4 rings (SSSR count). The highest BCUT2D eigenvalue weighted by atomic mass is 16.5. The Bertz CT molecular complexity index is 1060. The van der Waals surface area contributed by atoms with Gasteiger partial charge in [0.1, 0.15) is 5.75 Å². The van der Waals surface area contributed by atoms with Crippen molar-refractivity contribution in [2.75, 3.05) is 20.2 Å². The number of hydrogen-bond donors (Lipinski definition) is 2. The Balaban J connectivity index is 1.33. The van der Waals surface area contributed by atoms with Crippen molar-refractivity contribution >= 4 is 16.9 Å². The molecule has 1 aromatic heterocycles. The summed E-state index contributed by atoms with van der Waals surface area (Å²) in [5, 5.41) is 3.02. The molecule has 0 radical (unpaired) electrons. The predicted molar refractivity (Wildman–Crippen MR) is 117 cm³/mol. The van der Waals surface area contributed by atoms with Gasteiger partial charge in [-0.25, -0.2) is 4.79 Å². The number of carbonyl (C=O) groups excluding carboxylic acids is 1. The van der Waals surface area contributed by atoms with E-state index in [1.165, 1.54) is 0 Å². The van der Waals surface area contributed by atoms with Crippen LogP contribution in [0.1, 0.15) is 31.4 Å². The Morgan fingerprint density at radius 3 is 2.57 bits per heavy atom. The molecule has 1 fully saturated rings. The van der Waals surface area contributed by atoms with Crippen molar-refractivity contribution in [3.8, 4) is 5.75 Å². The number of imidazole rings is 1. The van der Waals surface area contributed by atoms with Gasteiger partial charge in [-0.2, -0.15) is 0 Å². The van der Waals surface area contributed by atoms with Gasteiger partial charge in [0.25, 0.3) is 0 Å². The van der Waals surface area contributed by atoms with E-state index in [1.54, 1.807) is 7.11 Å². The molecule has 0 saturated carbocycles. The van der Waals surface area contributed by atoms with Crippen molar-refractivity contribution < 1.29 is 9.53 Å². The minimum atomic E-state index is -0.205. The minimum absolute atomic E-state index is 0.0218. The van der Waals surface area contributed by atoms with E-state index < -0.39 is 0 Å². The number of amides is 1. The average molecular weight is 409 g/mol. The molecule has 7 heteroatoms. The van der Waals surface area contributed by atoms with E-state index in [1.807, 2.05) is 60.0 Å². The third-order valence-electron chi connectivity index (χ3n) is 6.04. The molecule has 1 saturated heterocycles. The fraction of sp³-hybridized carbons (Fsp3) is 0.391. The van der Waals surface area contributed by atoms with Crippen LogP contribution in [0.15, 0.2) is 53.3 Å². The lowest BCUT2D eigenvalue weighted by atomic mass is 10.0. The molecule has 0 aliphatic carbocycles. The predicted octanol–water partition coefficient (Wildman–Crippen LogP) is 2.68. The van der Waals surface area contributed by atoms with Crippen molar-refractivity contribution in [2.45, 2.75) is 38.4 Å². The molecule has 1 unspecified atom stereocenters. The number of carbonyl (C=O) groups is 1. The van der Waals surface area contributed by atoms with E-state index in [-0.39, 0.29) is 23.7 Å². The number of aromatic amines is 1. The van der Waals surface area contributed by atoms with Crippen LogP contribution < -0.4 is 15.7 Å². The summed E-state index contributed by atoms with van der Waals surface area (Å²) in [5.74, 6) is 0.823. The van der Waals surface area contributed by atoms with Crippen LogP contribution in [0.5, 0.6) is 5.75 Å². The maximum absolute atomic E-state index is 12.6. The third-order valence-corrected chi connectivity index (χ3v) is 6.04. The number of aromatic nitrogens is 2. The number of hydrogen-bond acceptors (Lipinski definition) is 4. The average Bonchev–Trinajstić information content (AvgIpc) is 3.13. The molecule has 2 aromatic carbocycles. The molecule has 0 spiro atoms. The molecular formula is C23H28N4O3. The first-order chi connectivity index (χ1) is 14.6. The summed E-state index contributed by atoms with van der Waals surface area (Å²) in [6.07, 6.45) is 1.69. The lowest BCUT2D eigenvalue weighted by molar-refractivity contribution is -0.126. The number of ether oxygens (including phenoxy) is 1. The van der Waals surface area contributed by atoms with Crippen LogP contribution in [0.4, 0.5) is 0 Å². The first-order valence-corrected chi connectivity index (χ1v) is 10.4. The van der Waals surface area contributed by atoms with Crippen molar-refractivity contribution in [2.24, 2.45) is 0 Å². The fourth-order valence-electron chi connectivity index (χ4n) is 4.21. The Morgan fingerprint density at radius 1 is 1.17 bits per heavy atom. The van der Waals surface area contributed by atoms with Crippen LogP contribution in [0, 0.1) is 0 Å². The number of H-pyrrole nitrogens is 1. The van der Waals surface area contributed by atoms with Gasteiger partial charge in [0, 0.05) is 25.7 Å². The Morgan fingerprint density at radius 2 is 1.87 bits per heavy atom. The number of nitrogens with one attached hydrogen (secondary N) is 2. The number of piperidine rings is 1. The van der Waals surface area contributed by atoms with E-state index in [2.05, 4.69) is 15.2 Å². The minimum Gasteiger partial charge on any atom is -0.497 e. The van der Waals surface area contributed by atoms with E-state index in [9.17, 15) is 9.59 Å². The standard InChI is InChI=1S/C23H28N4O3/c1-16(22(28)24-15-17-7-9-19(30-2)10-8-17)26-13-11-18(12-14-26)27-21-6-4-3-5-20(21)25-23(27)29/h3-10,16,18H,11-15H2,1-2H3,(H,24,28)(H,25,29). The number of fused-ring (bicyclic) bond motifs is 1. The highest BCUT2D eigenvalue weighted by molar-refractivity contribution is 5.81. The zero-order chi connectivity index (χ0) is 21.1. The quantitative estimate of drug-likeness (QED) is 0.657. The summed E-state index contributed by atoms with van der Waals surface area (Å²) in [5.41, 5.74) is 2.80. The normalized spacial score (nSPS) is 16.5. The van der Waals surface area contributed by atoms with E-state index in [0.29, 0.717) is 6.54 Å². The monoisotopic (exact) mass is 408 g/mol. The number of methoxy groups -OCH3 is 1. The molecule has 30 heavy (non-hydrogen) atoms. The van der Waals surface area contributed by atoms with Gasteiger partial charge in [-0.1, -0.05) is 24.3 Å². The molecule has 0 bridgehead atoms. The molecule has 1 amide bonds. The molecule has 1 aliphatic rings. The number of nitrogens with zero attached hydrogens (tertiary/aromatic N) is 2. The smallest absolute Gasteiger partial charge is 0.326 e. The van der Waals surface area contributed by atoms with Crippen molar-refractivity contribution in [1.29, 1.82) is 0 Å². The molecule has 2 heterocycles. The number of benzene rings is 2. The van der Waals surface area contributed by atoms with E-state index in [4.69, 9.17) is 4.74 Å². The van der Waals surface area contributed by atoms with Crippen LogP contribution >= 0.6 is 0 Å². The molecule has 158 valence electrons. The van der Waals surface area contributed by atoms with Crippen molar-refractivity contribution in [3.63, 3.8) is 0 Å². The molecule has 2 N–H and O–H groups in total. The maximum atomic E-state index is 12.6. The first-order valence-electron chi connectivity index (χ1n) is 10.4. The fourth-order valence-corrected chi connectivity index (χ4v) is 4.21. The van der Waals surface area contributed by atoms with Crippen molar-refractivity contribution in [3.05, 3.63) is 64.6 Å². The van der Waals surface area contributed by atoms with Crippen molar-refractivity contribution in [1.82, 2.24) is 19.8 Å². The number of likely N-dealkylation sites (tertiary alicyclic amines) is 1. The Hall–Kier alpha value is -3.06. The second-order valence-electron chi connectivity index (χ2n) is 7.83. The highest BCUT2D eigenvalue weighted by Gasteiger charge is 2.28. The lowest BCUT2D eigenvalue weighted by Crippen LogP contribution is -2.48.